The van der Waals surface area contributed by atoms with Crippen molar-refractivity contribution in [2.24, 2.45) is 0 Å². The summed E-state index contributed by atoms with van der Waals surface area (Å²) in [6.45, 7) is 0. The second kappa shape index (κ2) is 2.82. The van der Waals surface area contributed by atoms with Gasteiger partial charge >= 0.3 is 0 Å². The Kier molecular flexibility index (Phi) is 2.01. The number of hydrogen-bond acceptors (Lipinski definition) is 2. The lowest BCUT2D eigenvalue weighted by molar-refractivity contribution is 0.716. The molecule has 10 heavy (non-hydrogen) atoms. The van der Waals surface area contributed by atoms with E-state index in [1.54, 1.807) is 0 Å². The highest BCUT2D eigenvalue weighted by molar-refractivity contribution is 8.21. The Labute approximate surface area is 70.8 Å². The van der Waals surface area contributed by atoms with E-state index in [1.165, 1.54) is 30.8 Å². The fraction of sp³-hybridized carbons (Fsp3) is 0.750. The third kappa shape index (κ3) is 1.24. The van der Waals surface area contributed by atoms with Crippen LogP contribution >= 0.6 is 23.5 Å². The van der Waals surface area contributed by atoms with E-state index in [1.807, 2.05) is 0 Å². The first-order chi connectivity index (χ1) is 4.91. The van der Waals surface area contributed by atoms with Gasteiger partial charge in [-0.3, -0.25) is 0 Å². The molecule has 1 fully saturated rings. The first-order valence-corrected chi connectivity index (χ1v) is 5.84. The van der Waals surface area contributed by atoms with Crippen LogP contribution in [0, 0.1) is 0 Å². The summed E-state index contributed by atoms with van der Waals surface area (Å²) in [7, 11) is 0. The molecule has 0 radical (unpaired) electrons. The van der Waals surface area contributed by atoms with E-state index in [4.69, 9.17) is 0 Å². The van der Waals surface area contributed by atoms with Crippen molar-refractivity contribution in [2.75, 3.05) is 11.5 Å². The Balaban J connectivity index is 2.11. The molecule has 1 saturated heterocycles. The third-order valence-electron chi connectivity index (χ3n) is 2.04. The maximum absolute atomic E-state index is 2.43. The summed E-state index contributed by atoms with van der Waals surface area (Å²) in [4.78, 5) is 0. The minimum atomic E-state index is 0.526. The Morgan fingerprint density at radius 3 is 2.60 bits per heavy atom. The van der Waals surface area contributed by atoms with Gasteiger partial charge in [-0.05, 0) is 19.3 Å². The summed E-state index contributed by atoms with van der Waals surface area (Å²) >= 11 is 4.28. The highest BCUT2D eigenvalue weighted by Crippen LogP contribution is 2.49. The first-order valence-electron chi connectivity index (χ1n) is 3.87. The molecule has 0 unspecified atom stereocenters. The zero-order chi connectivity index (χ0) is 6.86. The molecule has 0 aromatic carbocycles. The Morgan fingerprint density at radius 2 is 2.00 bits per heavy atom. The highest BCUT2D eigenvalue weighted by atomic mass is 32.2. The van der Waals surface area contributed by atoms with Crippen molar-refractivity contribution >= 4 is 23.5 Å². The molecule has 0 atom stereocenters. The van der Waals surface area contributed by atoms with Crippen LogP contribution in [0.3, 0.4) is 0 Å². The molecular weight excluding hydrogens is 160 g/mol. The van der Waals surface area contributed by atoms with Gasteiger partial charge in [-0.25, -0.2) is 0 Å². The zero-order valence-electron chi connectivity index (χ0n) is 6.01. The molecule has 2 rings (SSSR count). The van der Waals surface area contributed by atoms with E-state index in [-0.39, 0.29) is 0 Å². The van der Waals surface area contributed by atoms with Crippen LogP contribution in [0.2, 0.25) is 0 Å². The topological polar surface area (TPSA) is 0 Å². The number of thioether (sulfide) groups is 2. The van der Waals surface area contributed by atoms with Gasteiger partial charge in [0.2, 0.25) is 0 Å². The van der Waals surface area contributed by atoms with E-state index in [0.717, 1.165) is 0 Å². The minimum absolute atomic E-state index is 0.526. The second-order valence-corrected chi connectivity index (χ2v) is 5.91. The fourth-order valence-corrected chi connectivity index (χ4v) is 4.68. The lowest BCUT2D eigenvalue weighted by Crippen LogP contribution is -2.15. The summed E-state index contributed by atoms with van der Waals surface area (Å²) in [5.41, 5.74) is 0. The molecule has 1 spiro atoms. The maximum atomic E-state index is 2.43. The van der Waals surface area contributed by atoms with Crippen LogP contribution < -0.4 is 0 Å². The minimum Gasteiger partial charge on any atom is -0.139 e. The predicted octanol–water partition coefficient (Wildman–Crippen LogP) is 2.90. The summed E-state index contributed by atoms with van der Waals surface area (Å²) in [5, 5.41) is 0. The normalized spacial score (nSPS) is 29.6. The van der Waals surface area contributed by atoms with Crippen molar-refractivity contribution in [3.63, 3.8) is 0 Å². The Bertz CT molecular complexity index is 145. The van der Waals surface area contributed by atoms with Crippen molar-refractivity contribution < 1.29 is 0 Å². The SMILES string of the molecule is C1=CC2(CCC1)SCCS2. The Hall–Kier alpha value is 0.440. The lowest BCUT2D eigenvalue weighted by atomic mass is 10.1. The summed E-state index contributed by atoms with van der Waals surface area (Å²) < 4.78 is 0.526. The van der Waals surface area contributed by atoms with Gasteiger partial charge in [0.05, 0.1) is 4.08 Å². The molecule has 2 aliphatic rings. The maximum Gasteiger partial charge on any atom is 0.0792 e. The van der Waals surface area contributed by atoms with Gasteiger partial charge in [-0.2, -0.15) is 0 Å². The smallest absolute Gasteiger partial charge is 0.0792 e. The van der Waals surface area contributed by atoms with Crippen LogP contribution in [0.4, 0.5) is 0 Å². The molecule has 0 N–H and O–H groups in total. The van der Waals surface area contributed by atoms with E-state index in [2.05, 4.69) is 35.7 Å². The van der Waals surface area contributed by atoms with E-state index in [0.29, 0.717) is 4.08 Å². The zero-order valence-corrected chi connectivity index (χ0v) is 7.64. The van der Waals surface area contributed by atoms with Crippen LogP contribution in [-0.4, -0.2) is 15.6 Å². The van der Waals surface area contributed by atoms with Crippen LogP contribution in [0.5, 0.6) is 0 Å². The average Bonchev–Trinajstić information content (AvgIpc) is 2.39. The fourth-order valence-electron chi connectivity index (χ4n) is 1.52. The van der Waals surface area contributed by atoms with Crippen molar-refractivity contribution in [3.05, 3.63) is 12.2 Å². The summed E-state index contributed by atoms with van der Waals surface area (Å²) in [5.74, 6) is 2.71. The standard InChI is InChI=1S/C8H12S2/c1-2-4-8(5-3-1)9-6-7-10-8/h2,4H,1,3,5-7H2. The molecule has 2 heteroatoms. The van der Waals surface area contributed by atoms with Crippen LogP contribution in [0.15, 0.2) is 12.2 Å². The molecule has 0 aromatic heterocycles. The molecule has 1 aliphatic heterocycles. The molecule has 1 heterocycles. The number of allylic oxidation sites excluding steroid dienone is 1. The highest BCUT2D eigenvalue weighted by Gasteiger charge is 2.33. The predicted molar refractivity (Wildman–Crippen MR) is 50.6 cm³/mol. The molecule has 1 aliphatic carbocycles. The van der Waals surface area contributed by atoms with Gasteiger partial charge in [0.1, 0.15) is 0 Å². The molecule has 56 valence electrons. The van der Waals surface area contributed by atoms with Gasteiger partial charge in [0, 0.05) is 11.5 Å². The molecule has 0 aromatic rings. The van der Waals surface area contributed by atoms with E-state index >= 15 is 0 Å². The molecule has 0 saturated carbocycles. The number of hydrogen-bond donors (Lipinski definition) is 0. The van der Waals surface area contributed by atoms with Gasteiger partial charge in [-0.1, -0.05) is 12.2 Å². The average molecular weight is 172 g/mol. The van der Waals surface area contributed by atoms with Crippen molar-refractivity contribution in [2.45, 2.75) is 23.3 Å². The summed E-state index contributed by atoms with van der Waals surface area (Å²) in [6, 6.07) is 0. The van der Waals surface area contributed by atoms with Crippen molar-refractivity contribution in [3.8, 4) is 0 Å². The van der Waals surface area contributed by atoms with E-state index < -0.39 is 0 Å². The first kappa shape index (κ1) is 7.11. The van der Waals surface area contributed by atoms with Gasteiger partial charge in [0.15, 0.2) is 0 Å². The quantitative estimate of drug-likeness (QED) is 0.515. The molecule has 0 nitrogen and oxygen atoms in total. The third-order valence-corrected chi connectivity index (χ3v) is 5.48. The second-order valence-electron chi connectivity index (χ2n) is 2.80. The van der Waals surface area contributed by atoms with E-state index in [9.17, 15) is 0 Å². The van der Waals surface area contributed by atoms with Crippen LogP contribution in [0.25, 0.3) is 0 Å². The number of rotatable bonds is 0. The van der Waals surface area contributed by atoms with Gasteiger partial charge < -0.3 is 0 Å². The molecular formula is C8H12S2. The lowest BCUT2D eigenvalue weighted by Gasteiger charge is -2.25. The van der Waals surface area contributed by atoms with Gasteiger partial charge in [-0.15, -0.1) is 23.5 Å². The van der Waals surface area contributed by atoms with Crippen molar-refractivity contribution in [1.82, 2.24) is 0 Å². The molecule has 0 amide bonds. The van der Waals surface area contributed by atoms with Gasteiger partial charge in [0.25, 0.3) is 0 Å². The summed E-state index contributed by atoms with van der Waals surface area (Å²) in [6.07, 6.45) is 8.89. The Morgan fingerprint density at radius 1 is 1.20 bits per heavy atom. The molecule has 0 bridgehead atoms. The largest absolute Gasteiger partial charge is 0.139 e. The monoisotopic (exact) mass is 172 g/mol. The van der Waals surface area contributed by atoms with Crippen LogP contribution in [0.1, 0.15) is 19.3 Å². The van der Waals surface area contributed by atoms with Crippen LogP contribution in [-0.2, 0) is 0 Å². The van der Waals surface area contributed by atoms with Crippen molar-refractivity contribution in [1.29, 1.82) is 0 Å².